The summed E-state index contributed by atoms with van der Waals surface area (Å²) in [6, 6.07) is 9.49. The number of nitrogens with one attached hydrogen (secondary N) is 2. The van der Waals surface area contributed by atoms with Crippen LogP contribution < -0.4 is 16.2 Å². The van der Waals surface area contributed by atoms with Gasteiger partial charge in [0.25, 0.3) is 11.8 Å². The van der Waals surface area contributed by atoms with E-state index in [9.17, 15) is 14.4 Å². The summed E-state index contributed by atoms with van der Waals surface area (Å²) in [4.78, 5) is 35.3. The Balaban J connectivity index is 2.08. The fraction of sp³-hybridized carbons (Fsp3) is 0.235. The van der Waals surface area contributed by atoms with Gasteiger partial charge in [0.1, 0.15) is 0 Å². The highest BCUT2D eigenvalue weighted by Crippen LogP contribution is 2.11. The van der Waals surface area contributed by atoms with Crippen LogP contribution in [0.25, 0.3) is 0 Å². The van der Waals surface area contributed by atoms with Crippen molar-refractivity contribution in [1.29, 1.82) is 0 Å². The Hall–Kier alpha value is -2.89. The lowest BCUT2D eigenvalue weighted by Gasteiger charge is -2.09. The van der Waals surface area contributed by atoms with E-state index in [1.54, 1.807) is 31.3 Å². The molecule has 0 aliphatic carbocycles. The van der Waals surface area contributed by atoms with Gasteiger partial charge in [0, 0.05) is 36.6 Å². The van der Waals surface area contributed by atoms with Crippen LogP contribution in [-0.4, -0.2) is 22.4 Å². The molecule has 0 radical (unpaired) electrons. The van der Waals surface area contributed by atoms with E-state index >= 15 is 0 Å². The molecule has 6 heteroatoms. The minimum atomic E-state index is -0.319. The number of rotatable bonds is 4. The molecule has 2 rings (SSSR count). The molecule has 2 N–H and O–H groups in total. The smallest absolute Gasteiger partial charge is 0.257 e. The predicted octanol–water partition coefficient (Wildman–Crippen LogP) is 1.78. The predicted molar refractivity (Wildman–Crippen MR) is 88.7 cm³/mol. The number of carbonyl (C=O) groups excluding carboxylic acids is 2. The van der Waals surface area contributed by atoms with Crippen molar-refractivity contribution in [3.05, 3.63) is 64.1 Å². The van der Waals surface area contributed by atoms with E-state index in [4.69, 9.17) is 0 Å². The Bertz CT molecular complexity index is 776. The fourth-order valence-electron chi connectivity index (χ4n) is 1.98. The van der Waals surface area contributed by atoms with E-state index < -0.39 is 0 Å². The zero-order valence-electron chi connectivity index (χ0n) is 13.3. The molecule has 0 saturated heterocycles. The lowest BCUT2D eigenvalue weighted by molar-refractivity contribution is 0.0942. The molecule has 2 amide bonds. The van der Waals surface area contributed by atoms with E-state index in [-0.39, 0.29) is 23.4 Å². The number of nitrogens with zero attached hydrogens (tertiary/aromatic N) is 1. The van der Waals surface area contributed by atoms with Crippen LogP contribution in [-0.2, 0) is 7.05 Å². The number of benzene rings is 1. The molecule has 0 spiro atoms. The van der Waals surface area contributed by atoms with Gasteiger partial charge in [-0.2, -0.15) is 0 Å². The third kappa shape index (κ3) is 4.29. The van der Waals surface area contributed by atoms with Gasteiger partial charge < -0.3 is 15.2 Å². The second-order valence-electron chi connectivity index (χ2n) is 5.53. The summed E-state index contributed by atoms with van der Waals surface area (Å²) in [6.45, 7) is 3.78. The van der Waals surface area contributed by atoms with Gasteiger partial charge in [0.2, 0.25) is 5.56 Å². The maximum Gasteiger partial charge on any atom is 0.257 e. The van der Waals surface area contributed by atoms with Crippen LogP contribution in [0, 0.1) is 0 Å². The third-order valence-corrected chi connectivity index (χ3v) is 3.17. The zero-order chi connectivity index (χ0) is 17.0. The molecule has 0 atom stereocenters. The summed E-state index contributed by atoms with van der Waals surface area (Å²) in [5, 5.41) is 5.52. The standard InChI is InChI=1S/C17H19N3O3/c1-11(2)18-16(22)12-4-7-14(8-5-12)19-17(23)13-6-9-15(21)20(3)10-13/h4-11H,1-3H3,(H,18,22)(H,19,23). The highest BCUT2D eigenvalue weighted by Gasteiger charge is 2.09. The summed E-state index contributed by atoms with van der Waals surface area (Å²) in [5.41, 5.74) is 1.31. The summed E-state index contributed by atoms with van der Waals surface area (Å²) in [5.74, 6) is -0.476. The van der Waals surface area contributed by atoms with Crippen LogP contribution in [0.2, 0.25) is 0 Å². The van der Waals surface area contributed by atoms with Gasteiger partial charge in [-0.25, -0.2) is 0 Å². The zero-order valence-corrected chi connectivity index (χ0v) is 13.3. The Morgan fingerprint density at radius 3 is 2.13 bits per heavy atom. The van der Waals surface area contributed by atoms with Gasteiger partial charge >= 0.3 is 0 Å². The van der Waals surface area contributed by atoms with Gasteiger partial charge in [-0.05, 0) is 44.2 Å². The number of pyridine rings is 1. The normalized spacial score (nSPS) is 10.4. The minimum Gasteiger partial charge on any atom is -0.350 e. The lowest BCUT2D eigenvalue weighted by atomic mass is 10.1. The molecular weight excluding hydrogens is 294 g/mol. The Kier molecular flexibility index (Phi) is 4.95. The summed E-state index contributed by atoms with van der Waals surface area (Å²) >= 11 is 0. The molecule has 2 aromatic rings. The fourth-order valence-corrected chi connectivity index (χ4v) is 1.98. The van der Waals surface area contributed by atoms with E-state index in [0.29, 0.717) is 16.8 Å². The first-order valence-corrected chi connectivity index (χ1v) is 7.26. The van der Waals surface area contributed by atoms with E-state index in [0.717, 1.165) is 0 Å². The second-order valence-corrected chi connectivity index (χ2v) is 5.53. The first-order chi connectivity index (χ1) is 10.9. The van der Waals surface area contributed by atoms with Crippen LogP contribution in [0.4, 0.5) is 5.69 Å². The molecule has 1 aromatic heterocycles. The second kappa shape index (κ2) is 6.91. The van der Waals surface area contributed by atoms with Crippen LogP contribution in [0.3, 0.4) is 0 Å². The van der Waals surface area contributed by atoms with Crippen LogP contribution in [0.15, 0.2) is 47.4 Å². The number of hydrogen-bond donors (Lipinski definition) is 2. The molecule has 1 heterocycles. The molecule has 23 heavy (non-hydrogen) atoms. The average Bonchev–Trinajstić information content (AvgIpc) is 2.50. The average molecular weight is 313 g/mol. The third-order valence-electron chi connectivity index (χ3n) is 3.17. The highest BCUT2D eigenvalue weighted by molar-refractivity contribution is 6.04. The van der Waals surface area contributed by atoms with Crippen molar-refractivity contribution in [3.63, 3.8) is 0 Å². The van der Waals surface area contributed by atoms with Gasteiger partial charge in [-0.3, -0.25) is 14.4 Å². The molecule has 0 fully saturated rings. The van der Waals surface area contributed by atoms with Crippen molar-refractivity contribution < 1.29 is 9.59 Å². The molecule has 0 saturated carbocycles. The van der Waals surface area contributed by atoms with Gasteiger partial charge in [0.05, 0.1) is 5.56 Å². The maximum atomic E-state index is 12.1. The van der Waals surface area contributed by atoms with Crippen molar-refractivity contribution >= 4 is 17.5 Å². The number of anilines is 1. The molecule has 6 nitrogen and oxygen atoms in total. The molecule has 0 aliphatic rings. The number of amides is 2. The number of carbonyl (C=O) groups is 2. The Morgan fingerprint density at radius 1 is 0.957 bits per heavy atom. The molecule has 0 bridgehead atoms. The first kappa shape index (κ1) is 16.5. The van der Waals surface area contributed by atoms with Crippen LogP contribution in [0.1, 0.15) is 34.6 Å². The van der Waals surface area contributed by atoms with Gasteiger partial charge in [-0.1, -0.05) is 0 Å². The van der Waals surface area contributed by atoms with Crippen molar-refractivity contribution in [3.8, 4) is 0 Å². The van der Waals surface area contributed by atoms with Crippen LogP contribution in [0.5, 0.6) is 0 Å². The van der Waals surface area contributed by atoms with Crippen molar-refractivity contribution in [2.45, 2.75) is 19.9 Å². The van der Waals surface area contributed by atoms with Gasteiger partial charge in [-0.15, -0.1) is 0 Å². The molecule has 120 valence electrons. The largest absolute Gasteiger partial charge is 0.350 e. The van der Waals surface area contributed by atoms with E-state index in [2.05, 4.69) is 10.6 Å². The van der Waals surface area contributed by atoms with E-state index in [1.165, 1.54) is 22.9 Å². The van der Waals surface area contributed by atoms with Crippen molar-refractivity contribution in [2.24, 2.45) is 7.05 Å². The van der Waals surface area contributed by atoms with Crippen LogP contribution >= 0.6 is 0 Å². The number of aryl methyl sites for hydroxylation is 1. The highest BCUT2D eigenvalue weighted by atomic mass is 16.2. The lowest BCUT2D eigenvalue weighted by Crippen LogP contribution is -2.30. The maximum absolute atomic E-state index is 12.1. The molecular formula is C17H19N3O3. The van der Waals surface area contributed by atoms with Crippen molar-refractivity contribution in [2.75, 3.05) is 5.32 Å². The number of aromatic nitrogens is 1. The Labute approximate surface area is 134 Å². The Morgan fingerprint density at radius 2 is 1.57 bits per heavy atom. The topological polar surface area (TPSA) is 80.2 Å². The monoisotopic (exact) mass is 313 g/mol. The minimum absolute atomic E-state index is 0.0617. The molecule has 1 aromatic carbocycles. The van der Waals surface area contributed by atoms with E-state index in [1.807, 2.05) is 13.8 Å². The summed E-state index contributed by atoms with van der Waals surface area (Å²) < 4.78 is 1.34. The molecule has 0 aliphatic heterocycles. The number of hydrogen-bond acceptors (Lipinski definition) is 3. The summed E-state index contributed by atoms with van der Waals surface area (Å²) in [7, 11) is 1.58. The summed E-state index contributed by atoms with van der Waals surface area (Å²) in [6.07, 6.45) is 1.47. The molecule has 0 unspecified atom stereocenters. The quantitative estimate of drug-likeness (QED) is 0.903. The SMILES string of the molecule is CC(C)NC(=O)c1ccc(NC(=O)c2ccc(=O)n(C)c2)cc1. The van der Waals surface area contributed by atoms with Gasteiger partial charge in [0.15, 0.2) is 0 Å². The van der Waals surface area contributed by atoms with Crippen molar-refractivity contribution in [1.82, 2.24) is 9.88 Å². The first-order valence-electron chi connectivity index (χ1n) is 7.26.